The molecule has 0 N–H and O–H groups in total. The lowest BCUT2D eigenvalue weighted by atomic mass is 10.0. The minimum Gasteiger partial charge on any atom is -0.545 e. The topological polar surface area (TPSA) is 111 Å². The van der Waals surface area contributed by atoms with Gasteiger partial charge in [0.05, 0.1) is 40.3 Å². The van der Waals surface area contributed by atoms with E-state index in [0.29, 0.717) is 17.4 Å². The number of quaternary nitrogens is 1. The molecule has 2 unspecified atom stereocenters. The molecule has 0 aliphatic heterocycles. The van der Waals surface area contributed by atoms with Crippen molar-refractivity contribution in [3.63, 3.8) is 0 Å². The molecule has 0 radical (unpaired) electrons. The first-order valence-corrected chi connectivity index (χ1v) is 33.7. The van der Waals surface area contributed by atoms with Crippen molar-refractivity contribution >= 4 is 17.9 Å². The normalized spacial score (nSPS) is 13.2. The van der Waals surface area contributed by atoms with Crippen LogP contribution in [0.5, 0.6) is 0 Å². The monoisotopic (exact) mass is 1130 g/mol. The van der Waals surface area contributed by atoms with E-state index >= 15 is 0 Å². The second kappa shape index (κ2) is 62.5. The molecule has 81 heavy (non-hydrogen) atoms. The zero-order valence-electron chi connectivity index (χ0n) is 53.4. The summed E-state index contributed by atoms with van der Waals surface area (Å²) in [5.74, 6) is -2.29. The van der Waals surface area contributed by atoms with Crippen LogP contribution in [0.1, 0.15) is 296 Å². The summed E-state index contributed by atoms with van der Waals surface area (Å²) < 4.78 is 22.8. The van der Waals surface area contributed by atoms with Crippen molar-refractivity contribution in [2.75, 3.05) is 47.5 Å². The first-order valence-electron chi connectivity index (χ1n) is 33.7. The van der Waals surface area contributed by atoms with Gasteiger partial charge in [-0.25, -0.2) is 0 Å². The van der Waals surface area contributed by atoms with E-state index in [-0.39, 0.29) is 38.6 Å². The number of carboxylic acid groups (broad SMARTS) is 1. The molecule has 0 aliphatic rings. The van der Waals surface area contributed by atoms with Crippen LogP contribution in [0, 0.1) is 0 Å². The molecule has 0 fully saturated rings. The van der Waals surface area contributed by atoms with Gasteiger partial charge in [0.2, 0.25) is 0 Å². The summed E-state index contributed by atoms with van der Waals surface area (Å²) >= 11 is 0. The SMILES string of the molecule is CC/C=C\C/C=C\C/C=C\C/C=C\C/C=C\CCCCCCCCCC(=O)OC(COC(=O)CCCCCCCCCCCCCCCCCCCCCCC/C=C\C/C=C\CCCCCCC)COC(OCC[N+](C)(C)C)C(=O)[O-]. The van der Waals surface area contributed by atoms with E-state index in [2.05, 4.69) is 98.9 Å². The van der Waals surface area contributed by atoms with Crippen LogP contribution in [0.25, 0.3) is 0 Å². The molecule has 9 heteroatoms. The molecule has 0 aromatic heterocycles. The van der Waals surface area contributed by atoms with E-state index in [1.54, 1.807) is 0 Å². The molecule has 0 rings (SSSR count). The third kappa shape index (κ3) is 63.9. The number of hydrogen-bond acceptors (Lipinski definition) is 8. The summed E-state index contributed by atoms with van der Waals surface area (Å²) in [6, 6.07) is 0. The molecule has 0 spiro atoms. The van der Waals surface area contributed by atoms with Crippen LogP contribution in [0.3, 0.4) is 0 Å². The lowest BCUT2D eigenvalue weighted by Crippen LogP contribution is -2.44. The highest BCUT2D eigenvalue weighted by atomic mass is 16.7. The third-order valence-corrected chi connectivity index (χ3v) is 14.6. The standard InChI is InChI=1S/C72H127NO8/c1-6-8-10-12-14-16-18-20-22-24-26-28-30-31-32-33-34-35-36-37-38-39-41-42-44-46-48-50-52-54-56-58-60-62-69(74)79-66-68(67-80-72(71(76)77)78-65-64-73(3,4)5)81-70(75)63-61-59-57-55-53-51-49-47-45-43-40-29-27-25-23-21-19-17-15-13-11-9-7-2/h9,11,15,17-18,20-21,23-24,26-27,29,43,45,68,72H,6-8,10,12-14,16,19,22,25,28,30-42,44,46-67H2,1-5H3/b11-9-,17-15-,20-18-,23-21-,26-24-,29-27-,45-43-. The molecule has 0 saturated carbocycles. The smallest absolute Gasteiger partial charge is 0.306 e. The second-order valence-electron chi connectivity index (χ2n) is 23.7. The number of likely N-dealkylation sites (N-methyl/N-ethyl adjacent to an activating group) is 1. The molecule has 468 valence electrons. The molecule has 0 aliphatic carbocycles. The quantitative estimate of drug-likeness (QED) is 0.0195. The Labute approximate surface area is 500 Å². The maximum atomic E-state index is 12.9. The van der Waals surface area contributed by atoms with Crippen molar-refractivity contribution in [1.82, 2.24) is 0 Å². The average molecular weight is 1130 g/mol. The number of hydrogen-bond donors (Lipinski definition) is 0. The lowest BCUT2D eigenvalue weighted by Gasteiger charge is -2.26. The summed E-state index contributed by atoms with van der Waals surface area (Å²) in [5.41, 5.74) is 0. The van der Waals surface area contributed by atoms with Crippen molar-refractivity contribution in [2.45, 2.75) is 309 Å². The van der Waals surface area contributed by atoms with Crippen molar-refractivity contribution in [1.29, 1.82) is 0 Å². The number of ether oxygens (including phenoxy) is 4. The number of aliphatic carboxylic acids is 1. The first kappa shape index (κ1) is 77.5. The Morgan fingerprint density at radius 2 is 0.704 bits per heavy atom. The van der Waals surface area contributed by atoms with Crippen LogP contribution in [-0.4, -0.2) is 82.3 Å². The number of carboxylic acids is 1. The summed E-state index contributed by atoms with van der Waals surface area (Å²) in [6.07, 6.45) is 80.9. The molecule has 0 bridgehead atoms. The van der Waals surface area contributed by atoms with Gasteiger partial charge in [-0.2, -0.15) is 0 Å². The van der Waals surface area contributed by atoms with E-state index in [0.717, 1.165) is 83.5 Å². The van der Waals surface area contributed by atoms with E-state index in [4.69, 9.17) is 18.9 Å². The maximum Gasteiger partial charge on any atom is 0.306 e. The largest absolute Gasteiger partial charge is 0.545 e. The van der Waals surface area contributed by atoms with Gasteiger partial charge in [-0.05, 0) is 89.9 Å². The average Bonchev–Trinajstić information content (AvgIpc) is 3.44. The first-order chi connectivity index (χ1) is 39.6. The number of rotatable bonds is 62. The van der Waals surface area contributed by atoms with Gasteiger partial charge < -0.3 is 33.3 Å². The van der Waals surface area contributed by atoms with Gasteiger partial charge in [0.25, 0.3) is 0 Å². The Hall–Kier alpha value is -3.53. The molecule has 0 amide bonds. The summed E-state index contributed by atoms with van der Waals surface area (Å²) in [4.78, 5) is 37.4. The minimum absolute atomic E-state index is 0.143. The van der Waals surface area contributed by atoms with Crippen LogP contribution in [0.15, 0.2) is 85.1 Å². The van der Waals surface area contributed by atoms with Crippen molar-refractivity contribution in [2.24, 2.45) is 0 Å². The van der Waals surface area contributed by atoms with Crippen LogP contribution >= 0.6 is 0 Å². The Balaban J connectivity index is 4.11. The number of unbranched alkanes of at least 4 members (excludes halogenated alkanes) is 33. The van der Waals surface area contributed by atoms with Crippen LogP contribution < -0.4 is 5.11 Å². The van der Waals surface area contributed by atoms with Gasteiger partial charge >= 0.3 is 11.9 Å². The van der Waals surface area contributed by atoms with Gasteiger partial charge in [0, 0.05) is 12.8 Å². The molecular formula is C72H127NO8. The molecule has 2 atom stereocenters. The molecule has 9 nitrogen and oxygen atoms in total. The van der Waals surface area contributed by atoms with Gasteiger partial charge in [-0.15, -0.1) is 0 Å². The van der Waals surface area contributed by atoms with E-state index in [9.17, 15) is 19.5 Å². The van der Waals surface area contributed by atoms with Gasteiger partial charge in [0.1, 0.15) is 13.2 Å². The number of allylic oxidation sites excluding steroid dienone is 14. The number of carbonyl (C=O) groups is 3. The highest BCUT2D eigenvalue weighted by Gasteiger charge is 2.22. The van der Waals surface area contributed by atoms with Crippen LogP contribution in [0.4, 0.5) is 0 Å². The van der Waals surface area contributed by atoms with E-state index in [1.807, 2.05) is 21.1 Å². The summed E-state index contributed by atoms with van der Waals surface area (Å²) in [6.45, 7) is 4.64. The Kier molecular flexibility index (Phi) is 59.8. The molecule has 0 saturated heterocycles. The van der Waals surface area contributed by atoms with Crippen molar-refractivity contribution in [3.05, 3.63) is 85.1 Å². The Morgan fingerprint density at radius 3 is 1.05 bits per heavy atom. The fraction of sp³-hybridized carbons (Fsp3) is 0.764. The fourth-order valence-electron chi connectivity index (χ4n) is 9.48. The fourth-order valence-corrected chi connectivity index (χ4v) is 9.48. The minimum atomic E-state index is -1.63. The Bertz CT molecular complexity index is 1600. The van der Waals surface area contributed by atoms with E-state index in [1.165, 1.54) is 180 Å². The number of carbonyl (C=O) groups excluding carboxylic acids is 3. The highest BCUT2D eigenvalue weighted by molar-refractivity contribution is 5.70. The third-order valence-electron chi connectivity index (χ3n) is 14.6. The van der Waals surface area contributed by atoms with Gasteiger partial charge in [-0.1, -0.05) is 279 Å². The zero-order valence-corrected chi connectivity index (χ0v) is 53.4. The predicted molar refractivity (Wildman–Crippen MR) is 343 cm³/mol. The van der Waals surface area contributed by atoms with Gasteiger partial charge in [-0.3, -0.25) is 9.59 Å². The summed E-state index contributed by atoms with van der Waals surface area (Å²) in [7, 11) is 5.92. The van der Waals surface area contributed by atoms with Crippen LogP contribution in [0.2, 0.25) is 0 Å². The van der Waals surface area contributed by atoms with E-state index < -0.39 is 24.3 Å². The van der Waals surface area contributed by atoms with Crippen molar-refractivity contribution < 1.29 is 42.9 Å². The molecule has 0 heterocycles. The maximum absolute atomic E-state index is 12.9. The van der Waals surface area contributed by atoms with Crippen LogP contribution in [-0.2, 0) is 33.3 Å². The molecule has 0 aromatic carbocycles. The lowest BCUT2D eigenvalue weighted by molar-refractivity contribution is -0.870. The predicted octanol–water partition coefficient (Wildman–Crippen LogP) is 19.4. The van der Waals surface area contributed by atoms with Crippen molar-refractivity contribution in [3.8, 4) is 0 Å². The second-order valence-corrected chi connectivity index (χ2v) is 23.7. The Morgan fingerprint density at radius 1 is 0.383 bits per heavy atom. The summed E-state index contributed by atoms with van der Waals surface area (Å²) in [5, 5.41) is 11.8. The highest BCUT2D eigenvalue weighted by Crippen LogP contribution is 2.17. The molecular weight excluding hydrogens is 1010 g/mol. The zero-order chi connectivity index (χ0) is 59.1. The molecule has 0 aromatic rings. The number of nitrogens with zero attached hydrogens (tertiary/aromatic N) is 1. The van der Waals surface area contributed by atoms with Gasteiger partial charge in [0.15, 0.2) is 12.4 Å². The number of esters is 2.